The maximum atomic E-state index is 13.2. The zero-order valence-corrected chi connectivity index (χ0v) is 15.3. The molecule has 1 aromatic heterocycles. The van der Waals surface area contributed by atoms with Crippen LogP contribution in [0.3, 0.4) is 0 Å². The summed E-state index contributed by atoms with van der Waals surface area (Å²) in [7, 11) is 1.73. The maximum Gasteiger partial charge on any atom is 0.423 e. The molecule has 26 heavy (non-hydrogen) atoms. The first kappa shape index (κ1) is 20.0. The van der Waals surface area contributed by atoms with Crippen LogP contribution >= 0.6 is 0 Å². The predicted octanol–water partition coefficient (Wildman–Crippen LogP) is 5.39. The van der Waals surface area contributed by atoms with Gasteiger partial charge in [-0.25, -0.2) is 4.98 Å². The van der Waals surface area contributed by atoms with Crippen molar-refractivity contribution in [1.82, 2.24) is 9.97 Å². The van der Waals surface area contributed by atoms with Crippen LogP contribution in [0.25, 0.3) is 0 Å². The predicted molar refractivity (Wildman–Crippen MR) is 95.9 cm³/mol. The summed E-state index contributed by atoms with van der Waals surface area (Å²) in [6.07, 6.45) is -0.436. The van der Waals surface area contributed by atoms with Crippen molar-refractivity contribution in [3.05, 3.63) is 41.6 Å². The molecule has 0 aliphatic heterocycles. The molecule has 0 fully saturated rings. The van der Waals surface area contributed by atoms with Crippen molar-refractivity contribution in [3.63, 3.8) is 0 Å². The minimum atomic E-state index is -4.56. The molecule has 0 unspecified atom stereocenters. The van der Waals surface area contributed by atoms with Gasteiger partial charge in [-0.3, -0.25) is 0 Å². The summed E-state index contributed by atoms with van der Waals surface area (Å²) >= 11 is 0. The van der Waals surface area contributed by atoms with Crippen molar-refractivity contribution in [2.24, 2.45) is 0 Å². The molecule has 1 aromatic carbocycles. The average molecular weight is 367 g/mol. The van der Waals surface area contributed by atoms with E-state index < -0.39 is 17.6 Å². The van der Waals surface area contributed by atoms with Crippen molar-refractivity contribution in [3.8, 4) is 5.88 Å². The van der Waals surface area contributed by atoms with Crippen LogP contribution in [0, 0.1) is 0 Å². The number of aryl methyl sites for hydroxylation is 1. The van der Waals surface area contributed by atoms with Gasteiger partial charge in [-0.2, -0.15) is 18.2 Å². The first-order valence-corrected chi connectivity index (χ1v) is 8.77. The fraction of sp³-hybridized carbons (Fsp3) is 0.474. The SMILES string of the molecule is CCCCCOc1nc(N(C)c2ccccc2CC)ncc1C(F)(F)F. The van der Waals surface area contributed by atoms with Gasteiger partial charge in [0.2, 0.25) is 11.8 Å². The third kappa shape index (κ3) is 4.86. The normalized spacial score (nSPS) is 11.5. The van der Waals surface area contributed by atoms with Gasteiger partial charge in [0, 0.05) is 18.9 Å². The highest BCUT2D eigenvalue weighted by Gasteiger charge is 2.36. The fourth-order valence-corrected chi connectivity index (χ4v) is 2.59. The van der Waals surface area contributed by atoms with E-state index in [2.05, 4.69) is 9.97 Å². The number of hydrogen-bond acceptors (Lipinski definition) is 4. The van der Waals surface area contributed by atoms with E-state index in [4.69, 9.17) is 4.74 Å². The number of nitrogens with zero attached hydrogens (tertiary/aromatic N) is 3. The number of ether oxygens (including phenoxy) is 1. The molecule has 0 spiro atoms. The van der Waals surface area contributed by atoms with Gasteiger partial charge in [-0.1, -0.05) is 44.9 Å². The molecular formula is C19H24F3N3O. The molecular weight excluding hydrogens is 343 g/mol. The van der Waals surface area contributed by atoms with Gasteiger partial charge < -0.3 is 9.64 Å². The zero-order chi connectivity index (χ0) is 19.2. The molecule has 2 aromatic rings. The Labute approximate surface area is 152 Å². The Morgan fingerprint density at radius 1 is 1.12 bits per heavy atom. The summed E-state index contributed by atoms with van der Waals surface area (Å²) in [6, 6.07) is 7.66. The Morgan fingerprint density at radius 2 is 1.85 bits per heavy atom. The lowest BCUT2D eigenvalue weighted by Gasteiger charge is -2.21. The van der Waals surface area contributed by atoms with Gasteiger partial charge in [0.25, 0.3) is 0 Å². The summed E-state index contributed by atoms with van der Waals surface area (Å²) in [5.74, 6) is -0.246. The van der Waals surface area contributed by atoms with E-state index in [1.807, 2.05) is 38.1 Å². The summed E-state index contributed by atoms with van der Waals surface area (Å²) < 4.78 is 45.0. The maximum absolute atomic E-state index is 13.2. The monoisotopic (exact) mass is 367 g/mol. The number of anilines is 2. The first-order chi connectivity index (χ1) is 12.4. The van der Waals surface area contributed by atoms with E-state index in [0.717, 1.165) is 36.7 Å². The molecule has 1 heterocycles. The van der Waals surface area contributed by atoms with Crippen molar-refractivity contribution in [1.29, 1.82) is 0 Å². The molecule has 2 rings (SSSR count). The minimum Gasteiger partial charge on any atom is -0.477 e. The number of rotatable bonds is 8. The van der Waals surface area contributed by atoms with Crippen LogP contribution in [0.5, 0.6) is 5.88 Å². The molecule has 142 valence electrons. The first-order valence-electron chi connectivity index (χ1n) is 8.77. The summed E-state index contributed by atoms with van der Waals surface area (Å²) in [6.45, 7) is 4.23. The van der Waals surface area contributed by atoms with Gasteiger partial charge in [0.05, 0.1) is 6.61 Å². The number of benzene rings is 1. The average Bonchev–Trinajstić information content (AvgIpc) is 2.63. The largest absolute Gasteiger partial charge is 0.477 e. The van der Waals surface area contributed by atoms with Crippen LogP contribution in [0.15, 0.2) is 30.5 Å². The Bertz CT molecular complexity index is 719. The Kier molecular flexibility index (Phi) is 6.83. The second kappa shape index (κ2) is 8.87. The second-order valence-corrected chi connectivity index (χ2v) is 5.98. The zero-order valence-electron chi connectivity index (χ0n) is 15.3. The van der Waals surface area contributed by atoms with Crippen molar-refractivity contribution < 1.29 is 17.9 Å². The van der Waals surface area contributed by atoms with Gasteiger partial charge in [-0.05, 0) is 24.5 Å². The van der Waals surface area contributed by atoms with Gasteiger partial charge in [0.15, 0.2) is 0 Å². The van der Waals surface area contributed by atoms with E-state index in [0.29, 0.717) is 6.42 Å². The lowest BCUT2D eigenvalue weighted by molar-refractivity contribution is -0.139. The van der Waals surface area contributed by atoms with Crippen molar-refractivity contribution in [2.75, 3.05) is 18.6 Å². The van der Waals surface area contributed by atoms with E-state index in [-0.39, 0.29) is 12.6 Å². The highest BCUT2D eigenvalue weighted by atomic mass is 19.4. The molecule has 7 heteroatoms. The van der Waals surface area contributed by atoms with Crippen LogP contribution in [-0.4, -0.2) is 23.6 Å². The number of unbranched alkanes of at least 4 members (excludes halogenated alkanes) is 2. The van der Waals surface area contributed by atoms with Crippen molar-refractivity contribution >= 4 is 11.6 Å². The number of alkyl halides is 3. The molecule has 0 bridgehead atoms. The van der Waals surface area contributed by atoms with E-state index in [1.165, 1.54) is 0 Å². The topological polar surface area (TPSA) is 38.2 Å². The highest BCUT2D eigenvalue weighted by molar-refractivity contribution is 5.61. The molecule has 0 radical (unpaired) electrons. The van der Waals surface area contributed by atoms with Gasteiger partial charge >= 0.3 is 6.18 Å². The quantitative estimate of drug-likeness (QED) is 0.586. The number of halogens is 3. The standard InChI is InChI=1S/C19H24F3N3O/c1-4-6-9-12-26-17-15(19(20,21)22)13-23-18(24-17)25(3)16-11-8-7-10-14(16)5-2/h7-8,10-11,13H,4-6,9,12H2,1-3H3. The Morgan fingerprint density at radius 3 is 2.50 bits per heavy atom. The van der Waals surface area contributed by atoms with E-state index in [1.54, 1.807) is 11.9 Å². The van der Waals surface area contributed by atoms with E-state index >= 15 is 0 Å². The molecule has 0 saturated heterocycles. The molecule has 0 saturated carbocycles. The third-order valence-electron chi connectivity index (χ3n) is 4.07. The molecule has 0 aliphatic carbocycles. The van der Waals surface area contributed by atoms with E-state index in [9.17, 15) is 13.2 Å². The highest BCUT2D eigenvalue weighted by Crippen LogP contribution is 2.36. The van der Waals surface area contributed by atoms with Crippen LogP contribution in [-0.2, 0) is 12.6 Å². The van der Waals surface area contributed by atoms with Crippen LogP contribution in [0.4, 0.5) is 24.8 Å². The van der Waals surface area contributed by atoms with Crippen molar-refractivity contribution in [2.45, 2.75) is 45.7 Å². The number of aromatic nitrogens is 2. The fourth-order valence-electron chi connectivity index (χ4n) is 2.59. The number of para-hydroxylation sites is 1. The Balaban J connectivity index is 2.34. The second-order valence-electron chi connectivity index (χ2n) is 5.98. The van der Waals surface area contributed by atoms with Gasteiger partial charge in [0.1, 0.15) is 5.56 Å². The summed E-state index contributed by atoms with van der Waals surface area (Å²) in [4.78, 5) is 9.66. The minimum absolute atomic E-state index is 0.171. The number of hydrogen-bond donors (Lipinski definition) is 0. The molecule has 0 N–H and O–H groups in total. The lowest BCUT2D eigenvalue weighted by Crippen LogP contribution is -2.18. The van der Waals surface area contributed by atoms with Crippen LogP contribution in [0.2, 0.25) is 0 Å². The molecule has 4 nitrogen and oxygen atoms in total. The molecule has 0 aliphatic rings. The van der Waals surface area contributed by atoms with Crippen LogP contribution in [0.1, 0.15) is 44.2 Å². The van der Waals surface area contributed by atoms with Crippen LogP contribution < -0.4 is 9.64 Å². The van der Waals surface area contributed by atoms with Gasteiger partial charge in [-0.15, -0.1) is 0 Å². The third-order valence-corrected chi connectivity index (χ3v) is 4.07. The summed E-state index contributed by atoms with van der Waals surface area (Å²) in [5.41, 5.74) is 0.963. The molecule has 0 amide bonds. The smallest absolute Gasteiger partial charge is 0.423 e. The lowest BCUT2D eigenvalue weighted by atomic mass is 10.1. The summed E-state index contributed by atoms with van der Waals surface area (Å²) in [5, 5.41) is 0. The Hall–Kier alpha value is -2.31. The molecule has 0 atom stereocenters.